The van der Waals surface area contributed by atoms with E-state index in [1.807, 2.05) is 6.07 Å². The van der Waals surface area contributed by atoms with Gasteiger partial charge in [0.05, 0.1) is 0 Å². The molecule has 0 aromatic heterocycles. The minimum absolute atomic E-state index is 0.112. The van der Waals surface area contributed by atoms with Gasteiger partial charge in [0.1, 0.15) is 0 Å². The van der Waals surface area contributed by atoms with E-state index in [4.69, 9.17) is 0 Å². The summed E-state index contributed by atoms with van der Waals surface area (Å²) in [6.45, 7) is 2.27. The van der Waals surface area contributed by atoms with Gasteiger partial charge in [-0.05, 0) is 30.0 Å². The Kier molecular flexibility index (Phi) is 3.12. The van der Waals surface area contributed by atoms with Crippen molar-refractivity contribution < 1.29 is 0 Å². The molecule has 1 aliphatic rings. The number of hydrogen-bond donors (Lipinski definition) is 2. The Labute approximate surface area is 131 Å². The maximum atomic E-state index is 3.60. The molecule has 0 fully saturated rings. The SMILES string of the molecule is C/C(=C/c1ccccc1)B1Nc2cccc3cccc(c23)N1. The molecule has 1 aliphatic heterocycles. The van der Waals surface area contributed by atoms with Crippen molar-refractivity contribution in [3.05, 3.63) is 77.8 Å². The predicted molar refractivity (Wildman–Crippen MR) is 97.0 cm³/mol. The van der Waals surface area contributed by atoms with Crippen molar-refractivity contribution in [3.63, 3.8) is 0 Å². The molecule has 0 spiro atoms. The summed E-state index contributed by atoms with van der Waals surface area (Å²) in [7, 11) is 0. The van der Waals surface area contributed by atoms with Crippen LogP contribution in [-0.4, -0.2) is 6.98 Å². The highest BCUT2D eigenvalue weighted by Gasteiger charge is 2.24. The van der Waals surface area contributed by atoms with E-state index in [0.717, 1.165) is 0 Å². The predicted octanol–water partition coefficient (Wildman–Crippen LogP) is 4.81. The number of allylic oxidation sites excluding steroid dienone is 1. The molecule has 0 radical (unpaired) electrons. The molecule has 1 heterocycles. The zero-order chi connectivity index (χ0) is 14.9. The fraction of sp³-hybridized carbons (Fsp3) is 0.0526. The summed E-state index contributed by atoms with van der Waals surface area (Å²) in [5, 5.41) is 9.74. The summed E-state index contributed by atoms with van der Waals surface area (Å²) in [4.78, 5) is 0. The van der Waals surface area contributed by atoms with E-state index in [0.29, 0.717) is 0 Å². The molecular formula is C19H17BN2. The number of anilines is 2. The van der Waals surface area contributed by atoms with Gasteiger partial charge in [-0.25, -0.2) is 0 Å². The average Bonchev–Trinajstić information content (AvgIpc) is 2.56. The molecule has 0 aliphatic carbocycles. The van der Waals surface area contributed by atoms with E-state index in [-0.39, 0.29) is 6.98 Å². The van der Waals surface area contributed by atoms with Crippen LogP contribution in [0.3, 0.4) is 0 Å². The van der Waals surface area contributed by atoms with Gasteiger partial charge < -0.3 is 10.5 Å². The van der Waals surface area contributed by atoms with Crippen molar-refractivity contribution in [3.8, 4) is 0 Å². The average molecular weight is 284 g/mol. The lowest BCUT2D eigenvalue weighted by Crippen LogP contribution is -2.38. The van der Waals surface area contributed by atoms with Crippen molar-refractivity contribution in [1.82, 2.24) is 0 Å². The van der Waals surface area contributed by atoms with Crippen LogP contribution in [0.4, 0.5) is 11.4 Å². The van der Waals surface area contributed by atoms with Gasteiger partial charge in [0, 0.05) is 16.8 Å². The van der Waals surface area contributed by atoms with Crippen LogP contribution in [0.5, 0.6) is 0 Å². The first-order chi connectivity index (χ1) is 10.8. The molecule has 4 rings (SSSR count). The monoisotopic (exact) mass is 284 g/mol. The molecular weight excluding hydrogens is 267 g/mol. The molecule has 2 nitrogen and oxygen atoms in total. The maximum absolute atomic E-state index is 3.60. The summed E-state index contributed by atoms with van der Waals surface area (Å²) >= 11 is 0. The Hall–Kier alpha value is -2.68. The lowest BCUT2D eigenvalue weighted by Gasteiger charge is -2.27. The zero-order valence-corrected chi connectivity index (χ0v) is 12.5. The highest BCUT2D eigenvalue weighted by atomic mass is 15.0. The fourth-order valence-corrected chi connectivity index (χ4v) is 3.05. The molecule has 0 bridgehead atoms. The van der Waals surface area contributed by atoms with Crippen LogP contribution in [0, 0.1) is 0 Å². The summed E-state index contributed by atoms with van der Waals surface area (Å²) in [6, 6.07) is 23.2. The molecule has 0 unspecified atom stereocenters. The van der Waals surface area contributed by atoms with Gasteiger partial charge in [-0.3, -0.25) is 0 Å². The van der Waals surface area contributed by atoms with Gasteiger partial charge in [0.25, 0.3) is 0 Å². The van der Waals surface area contributed by atoms with Gasteiger partial charge in [0.15, 0.2) is 0 Å². The van der Waals surface area contributed by atoms with E-state index < -0.39 is 0 Å². The first-order valence-corrected chi connectivity index (χ1v) is 7.59. The third-order valence-corrected chi connectivity index (χ3v) is 4.15. The van der Waals surface area contributed by atoms with Crippen molar-refractivity contribution in [2.24, 2.45) is 0 Å². The normalized spacial score (nSPS) is 13.7. The quantitative estimate of drug-likeness (QED) is 0.660. The Morgan fingerprint density at radius 1 is 0.818 bits per heavy atom. The Bertz CT molecular complexity index is 815. The van der Waals surface area contributed by atoms with Crippen LogP contribution in [0.1, 0.15) is 12.5 Å². The zero-order valence-electron chi connectivity index (χ0n) is 12.5. The van der Waals surface area contributed by atoms with Crippen LogP contribution in [0.25, 0.3) is 16.8 Å². The Morgan fingerprint density at radius 3 is 2.09 bits per heavy atom. The fourth-order valence-electron chi connectivity index (χ4n) is 3.05. The first-order valence-electron chi connectivity index (χ1n) is 7.59. The molecule has 0 amide bonds. The largest absolute Gasteiger partial charge is 0.405 e. The van der Waals surface area contributed by atoms with E-state index in [1.54, 1.807) is 0 Å². The van der Waals surface area contributed by atoms with Gasteiger partial charge in [-0.2, -0.15) is 0 Å². The Morgan fingerprint density at radius 2 is 1.45 bits per heavy atom. The highest BCUT2D eigenvalue weighted by Crippen LogP contribution is 2.34. The van der Waals surface area contributed by atoms with Crippen LogP contribution in [0.15, 0.2) is 72.2 Å². The lowest BCUT2D eigenvalue weighted by molar-refractivity contribution is 1.53. The third-order valence-electron chi connectivity index (χ3n) is 4.15. The molecule has 0 saturated heterocycles. The van der Waals surface area contributed by atoms with E-state index in [2.05, 4.69) is 84.1 Å². The van der Waals surface area contributed by atoms with E-state index in [9.17, 15) is 0 Å². The minimum atomic E-state index is 0.112. The van der Waals surface area contributed by atoms with Crippen LogP contribution in [-0.2, 0) is 0 Å². The summed E-state index contributed by atoms with van der Waals surface area (Å²) < 4.78 is 0. The Balaban J connectivity index is 1.71. The van der Waals surface area contributed by atoms with Crippen LogP contribution < -0.4 is 10.5 Å². The van der Waals surface area contributed by atoms with Crippen LogP contribution >= 0.6 is 0 Å². The summed E-state index contributed by atoms with van der Waals surface area (Å²) in [6.07, 6.45) is 2.22. The standard InChI is InChI=1S/C19H17BN2/c1-14(13-15-7-3-2-4-8-15)20-21-17-11-5-9-16-10-6-12-18(22-20)19(16)17/h2-13,21-22H,1H3/b14-13-. The molecule has 0 saturated carbocycles. The van der Waals surface area contributed by atoms with Gasteiger partial charge in [-0.1, -0.05) is 66.1 Å². The smallest absolute Gasteiger partial charge is 0.401 e. The molecule has 2 N–H and O–H groups in total. The first kappa shape index (κ1) is 13.0. The molecule has 3 aromatic rings. The molecule has 22 heavy (non-hydrogen) atoms. The molecule has 3 heteroatoms. The topological polar surface area (TPSA) is 24.1 Å². The van der Waals surface area contributed by atoms with Gasteiger partial charge >= 0.3 is 6.98 Å². The number of benzene rings is 3. The third kappa shape index (κ3) is 2.25. The summed E-state index contributed by atoms with van der Waals surface area (Å²) in [5.41, 5.74) is 4.87. The van der Waals surface area contributed by atoms with Crippen molar-refractivity contribution in [2.45, 2.75) is 6.92 Å². The molecule has 106 valence electrons. The van der Waals surface area contributed by atoms with Gasteiger partial charge in [-0.15, -0.1) is 0 Å². The second kappa shape index (κ2) is 5.26. The van der Waals surface area contributed by atoms with Crippen molar-refractivity contribution >= 4 is 35.2 Å². The lowest BCUT2D eigenvalue weighted by atomic mass is 9.65. The summed E-state index contributed by atoms with van der Waals surface area (Å²) in [5.74, 6) is 0. The number of hydrogen-bond acceptors (Lipinski definition) is 2. The van der Waals surface area contributed by atoms with Crippen molar-refractivity contribution in [2.75, 3.05) is 10.5 Å². The second-order valence-corrected chi connectivity index (χ2v) is 5.73. The van der Waals surface area contributed by atoms with Crippen molar-refractivity contribution in [1.29, 1.82) is 0 Å². The van der Waals surface area contributed by atoms with E-state index in [1.165, 1.54) is 33.2 Å². The maximum Gasteiger partial charge on any atom is 0.401 e. The van der Waals surface area contributed by atoms with Gasteiger partial charge in [0.2, 0.25) is 0 Å². The second-order valence-electron chi connectivity index (χ2n) is 5.73. The van der Waals surface area contributed by atoms with E-state index >= 15 is 0 Å². The molecule has 0 atom stereocenters. The molecule has 3 aromatic carbocycles. The van der Waals surface area contributed by atoms with Crippen LogP contribution in [0.2, 0.25) is 0 Å². The number of nitrogens with one attached hydrogen (secondary N) is 2. The highest BCUT2D eigenvalue weighted by molar-refractivity contribution is 6.75. The minimum Gasteiger partial charge on any atom is -0.405 e. The number of rotatable bonds is 2.